The van der Waals surface area contributed by atoms with Crippen LogP contribution in [-0.2, 0) is 23.7 Å². The first-order valence-electron chi connectivity index (χ1n) is 10.3. The van der Waals surface area contributed by atoms with Crippen LogP contribution in [0.1, 0.15) is 36.6 Å². The molecule has 0 amide bonds. The molecule has 6 heteroatoms. The number of rotatable bonds is 2. The van der Waals surface area contributed by atoms with Crippen molar-refractivity contribution < 1.29 is 9.90 Å². The van der Waals surface area contributed by atoms with Crippen LogP contribution in [0.15, 0.2) is 60.9 Å². The molecule has 2 aromatic heterocycles. The van der Waals surface area contributed by atoms with E-state index in [1.165, 1.54) is 11.9 Å². The summed E-state index contributed by atoms with van der Waals surface area (Å²) in [5.74, 6) is 0.0131. The maximum absolute atomic E-state index is 12.9. The van der Waals surface area contributed by atoms with Crippen LogP contribution >= 0.6 is 0 Å². The number of aliphatic hydroxyl groups is 1. The third-order valence-electron chi connectivity index (χ3n) is 6.99. The fourth-order valence-electron chi connectivity index (χ4n) is 5.79. The van der Waals surface area contributed by atoms with Gasteiger partial charge in [-0.15, -0.1) is 0 Å². The zero-order chi connectivity index (χ0) is 20.9. The molecule has 1 fully saturated rings. The quantitative estimate of drug-likeness (QED) is 0.523. The van der Waals surface area contributed by atoms with Gasteiger partial charge in [-0.05, 0) is 30.7 Å². The van der Waals surface area contributed by atoms with Gasteiger partial charge in [0.1, 0.15) is 6.33 Å². The molecule has 2 heterocycles. The lowest BCUT2D eigenvalue weighted by Gasteiger charge is -2.50. The van der Waals surface area contributed by atoms with E-state index in [1.807, 2.05) is 36.9 Å². The van der Waals surface area contributed by atoms with E-state index >= 15 is 0 Å². The van der Waals surface area contributed by atoms with Gasteiger partial charge in [-0.25, -0.2) is 9.97 Å². The Morgan fingerprint density at radius 1 is 1.20 bits per heavy atom. The van der Waals surface area contributed by atoms with Gasteiger partial charge in [0.25, 0.3) is 0 Å². The van der Waals surface area contributed by atoms with E-state index in [4.69, 9.17) is 5.10 Å². The lowest BCUT2D eigenvalue weighted by molar-refractivity contribution is -0.123. The van der Waals surface area contributed by atoms with E-state index in [1.54, 1.807) is 12.4 Å². The Kier molecular flexibility index (Phi) is 4.31. The van der Waals surface area contributed by atoms with Gasteiger partial charge in [-0.3, -0.25) is 9.48 Å². The van der Waals surface area contributed by atoms with Crippen molar-refractivity contribution in [1.82, 2.24) is 19.7 Å². The monoisotopic (exact) mass is 400 g/mol. The van der Waals surface area contributed by atoms with Crippen LogP contribution in [0, 0.1) is 11.8 Å². The molecule has 1 N–H and O–H groups in total. The number of Topliss-reactive ketones (excluding diaryl/α,β-unsaturated/α-hetero) is 1. The molecule has 0 radical (unpaired) electrons. The molecule has 0 unspecified atom stereocenters. The molecule has 152 valence electrons. The smallest absolute Gasteiger partial charge is 0.165 e. The Labute approximate surface area is 175 Å². The van der Waals surface area contributed by atoms with Crippen LogP contribution in [0.25, 0.3) is 11.3 Å². The van der Waals surface area contributed by atoms with Crippen molar-refractivity contribution in [3.8, 4) is 11.3 Å². The zero-order valence-electron chi connectivity index (χ0n) is 17.1. The molecule has 3 atom stereocenters. The third kappa shape index (κ3) is 2.49. The predicted octanol–water partition coefficient (Wildman–Crippen LogP) is 3.78. The average Bonchev–Trinajstić information content (AvgIpc) is 3.14. The van der Waals surface area contributed by atoms with Gasteiger partial charge < -0.3 is 5.11 Å². The molecular formula is C24H24N4O2. The van der Waals surface area contributed by atoms with Crippen molar-refractivity contribution in [3.63, 3.8) is 0 Å². The topological polar surface area (TPSA) is 80.9 Å². The first-order valence-corrected chi connectivity index (χ1v) is 10.3. The van der Waals surface area contributed by atoms with E-state index in [0.717, 1.165) is 41.6 Å². The highest BCUT2D eigenvalue weighted by Gasteiger charge is 2.55. The molecule has 1 saturated carbocycles. The van der Waals surface area contributed by atoms with Crippen LogP contribution in [0.3, 0.4) is 0 Å². The maximum atomic E-state index is 12.9. The summed E-state index contributed by atoms with van der Waals surface area (Å²) in [5, 5.41) is 14.8. The van der Waals surface area contributed by atoms with E-state index in [9.17, 15) is 9.90 Å². The van der Waals surface area contributed by atoms with Crippen molar-refractivity contribution in [2.45, 2.75) is 31.6 Å². The molecule has 0 bridgehead atoms. The highest BCUT2D eigenvalue weighted by molar-refractivity contribution is 5.98. The van der Waals surface area contributed by atoms with Gasteiger partial charge in [0, 0.05) is 47.5 Å². The summed E-state index contributed by atoms with van der Waals surface area (Å²) in [6, 6.07) is 10.4. The Morgan fingerprint density at radius 2 is 1.93 bits per heavy atom. The Morgan fingerprint density at radius 3 is 2.63 bits per heavy atom. The number of nitrogens with zero attached hydrogens (tertiary/aromatic N) is 4. The molecule has 0 saturated heterocycles. The number of hydrogen-bond donors (Lipinski definition) is 1. The van der Waals surface area contributed by atoms with Crippen molar-refractivity contribution >= 4 is 5.78 Å². The number of benzene rings is 1. The van der Waals surface area contributed by atoms with Gasteiger partial charge in [0.2, 0.25) is 0 Å². The van der Waals surface area contributed by atoms with Crippen LogP contribution in [0.2, 0.25) is 0 Å². The van der Waals surface area contributed by atoms with Crippen LogP contribution in [0.4, 0.5) is 0 Å². The number of carbonyl (C=O) groups is 1. The lowest BCUT2D eigenvalue weighted by atomic mass is 9.52. The molecule has 5 rings (SSSR count). The standard InChI is InChI=1S/C24H24N4O2/c1-15-20-9-8-19-21(17-11-25-14-26-12-17)27-28(2)23(19)24(20,10-16(13-29)22(15)30)18-6-4-3-5-7-18/h3-7,11-15,20,29H,8-10H2,1-2H3/b16-13-/t15-,20-,24+/m0/s1. The van der Waals surface area contributed by atoms with Crippen molar-refractivity contribution in [2.75, 3.05) is 0 Å². The van der Waals surface area contributed by atoms with Crippen LogP contribution in [-0.4, -0.2) is 30.6 Å². The third-order valence-corrected chi connectivity index (χ3v) is 6.99. The van der Waals surface area contributed by atoms with E-state index < -0.39 is 5.41 Å². The number of ketones is 1. The Bertz CT molecular complexity index is 1140. The van der Waals surface area contributed by atoms with Crippen LogP contribution in [0.5, 0.6) is 0 Å². The minimum Gasteiger partial charge on any atom is -0.515 e. The van der Waals surface area contributed by atoms with Gasteiger partial charge in [-0.2, -0.15) is 5.10 Å². The first-order chi connectivity index (χ1) is 14.6. The van der Waals surface area contributed by atoms with Gasteiger partial charge in [-0.1, -0.05) is 37.3 Å². The second-order valence-corrected chi connectivity index (χ2v) is 8.39. The van der Waals surface area contributed by atoms with Gasteiger partial charge in [0.15, 0.2) is 5.78 Å². The molecule has 2 aliphatic rings. The first kappa shape index (κ1) is 18.7. The van der Waals surface area contributed by atoms with Gasteiger partial charge in [0.05, 0.1) is 17.6 Å². The molecule has 30 heavy (non-hydrogen) atoms. The van der Waals surface area contributed by atoms with Crippen LogP contribution < -0.4 is 0 Å². The summed E-state index contributed by atoms with van der Waals surface area (Å²) in [6.45, 7) is 2.00. The van der Waals surface area contributed by atoms with E-state index in [2.05, 4.69) is 22.1 Å². The zero-order valence-corrected chi connectivity index (χ0v) is 17.1. The summed E-state index contributed by atoms with van der Waals surface area (Å²) in [4.78, 5) is 21.3. The number of aryl methyl sites for hydroxylation is 1. The van der Waals surface area contributed by atoms with Crippen molar-refractivity contribution in [3.05, 3.63) is 77.7 Å². The second-order valence-electron chi connectivity index (χ2n) is 8.39. The second kappa shape index (κ2) is 6.90. The largest absolute Gasteiger partial charge is 0.515 e. The molecule has 0 aliphatic heterocycles. The summed E-state index contributed by atoms with van der Waals surface area (Å²) in [5.41, 5.74) is 5.34. The summed E-state index contributed by atoms with van der Waals surface area (Å²) >= 11 is 0. The summed E-state index contributed by atoms with van der Waals surface area (Å²) in [6.07, 6.45) is 8.33. The number of hydrogen-bond acceptors (Lipinski definition) is 5. The SMILES string of the molecule is C[C@@H]1C(=O)/C(=C\O)C[C@]2(c3ccccc3)c3c(c(-c4cncnc4)nn3C)CC[C@@H]12. The molecule has 2 aliphatic carbocycles. The molecule has 1 aromatic carbocycles. The number of aromatic nitrogens is 4. The van der Waals surface area contributed by atoms with Crippen molar-refractivity contribution in [1.29, 1.82) is 0 Å². The number of aliphatic hydroxyl groups excluding tert-OH is 1. The minimum absolute atomic E-state index is 0.0522. The highest BCUT2D eigenvalue weighted by Crippen LogP contribution is 2.57. The average molecular weight is 400 g/mol. The maximum Gasteiger partial charge on any atom is 0.165 e. The minimum atomic E-state index is -0.424. The number of carbonyl (C=O) groups excluding carboxylic acids is 1. The lowest BCUT2D eigenvalue weighted by Crippen LogP contribution is -2.51. The van der Waals surface area contributed by atoms with Crippen molar-refractivity contribution in [2.24, 2.45) is 18.9 Å². The Hall–Kier alpha value is -3.28. The van der Waals surface area contributed by atoms with Gasteiger partial charge >= 0.3 is 0 Å². The fraction of sp³-hybridized carbons (Fsp3) is 0.333. The predicted molar refractivity (Wildman–Crippen MR) is 113 cm³/mol. The number of allylic oxidation sites excluding steroid dienone is 1. The fourth-order valence-corrected chi connectivity index (χ4v) is 5.79. The molecule has 6 nitrogen and oxygen atoms in total. The highest BCUT2D eigenvalue weighted by atomic mass is 16.2. The van der Waals surface area contributed by atoms with E-state index in [-0.39, 0.29) is 17.6 Å². The Balaban J connectivity index is 1.81. The normalized spacial score (nSPS) is 27.0. The van der Waals surface area contributed by atoms with E-state index in [0.29, 0.717) is 12.0 Å². The summed E-state index contributed by atoms with van der Waals surface area (Å²) in [7, 11) is 1.97. The molecule has 0 spiro atoms. The number of fused-ring (bicyclic) bond motifs is 3. The molecular weight excluding hydrogens is 376 g/mol. The molecule has 3 aromatic rings. The summed E-state index contributed by atoms with van der Waals surface area (Å²) < 4.78 is 1.97.